The summed E-state index contributed by atoms with van der Waals surface area (Å²) in [6.07, 6.45) is 6.17. The molecule has 0 aliphatic heterocycles. The van der Waals surface area contributed by atoms with Gasteiger partial charge < -0.3 is 9.88 Å². The number of fused-ring (bicyclic) bond motifs is 3. The normalized spacial score (nSPS) is 11.3. The second-order valence-corrected chi connectivity index (χ2v) is 5.18. The molecule has 1 N–H and O–H groups in total. The van der Waals surface area contributed by atoms with E-state index in [1.165, 1.54) is 21.8 Å². The van der Waals surface area contributed by atoms with E-state index < -0.39 is 0 Å². The van der Waals surface area contributed by atoms with Crippen molar-refractivity contribution in [2.24, 2.45) is 0 Å². The first-order chi connectivity index (χ1) is 9.86. The highest BCUT2D eigenvalue weighted by atomic mass is 15.0. The summed E-state index contributed by atoms with van der Waals surface area (Å²) in [7, 11) is 0. The molecular weight excluding hydrogens is 246 g/mol. The first kappa shape index (κ1) is 13.0. The number of hydrogen-bond acceptors (Lipinski definition) is 2. The van der Waals surface area contributed by atoms with E-state index >= 15 is 0 Å². The molecule has 0 aliphatic rings. The van der Waals surface area contributed by atoms with Crippen LogP contribution in [0.2, 0.25) is 0 Å². The molecule has 0 unspecified atom stereocenters. The molecule has 3 heteroatoms. The molecule has 0 fully saturated rings. The van der Waals surface area contributed by atoms with Crippen LogP contribution in [0.4, 0.5) is 5.69 Å². The number of aromatic nitrogens is 2. The van der Waals surface area contributed by atoms with E-state index in [2.05, 4.69) is 53.0 Å². The van der Waals surface area contributed by atoms with Crippen molar-refractivity contribution in [1.82, 2.24) is 9.55 Å². The molecule has 2 aromatic heterocycles. The van der Waals surface area contributed by atoms with Gasteiger partial charge >= 0.3 is 0 Å². The molecule has 2 heterocycles. The van der Waals surface area contributed by atoms with Crippen LogP contribution in [-0.4, -0.2) is 16.1 Å². The van der Waals surface area contributed by atoms with Crippen molar-refractivity contribution in [3.63, 3.8) is 0 Å². The van der Waals surface area contributed by atoms with E-state index in [4.69, 9.17) is 0 Å². The van der Waals surface area contributed by atoms with E-state index in [0.29, 0.717) is 0 Å². The Bertz CT molecular complexity index is 728. The van der Waals surface area contributed by atoms with Crippen molar-refractivity contribution in [3.8, 4) is 0 Å². The molecule has 0 spiro atoms. The van der Waals surface area contributed by atoms with E-state index in [-0.39, 0.29) is 0 Å². The molecule has 3 rings (SSSR count). The lowest BCUT2D eigenvalue weighted by molar-refractivity contribution is 0.723. The Labute approximate surface area is 119 Å². The number of anilines is 1. The monoisotopic (exact) mass is 267 g/mol. The molecular formula is C17H21N3. The molecule has 3 aromatic rings. The fourth-order valence-electron chi connectivity index (χ4n) is 2.85. The van der Waals surface area contributed by atoms with Gasteiger partial charge in [0, 0.05) is 29.4 Å². The van der Waals surface area contributed by atoms with Crippen molar-refractivity contribution in [2.45, 2.75) is 33.2 Å². The Morgan fingerprint density at radius 1 is 1.05 bits per heavy atom. The molecule has 0 saturated heterocycles. The van der Waals surface area contributed by atoms with Gasteiger partial charge in [-0.2, -0.15) is 0 Å². The maximum atomic E-state index is 4.42. The average molecular weight is 267 g/mol. The second-order valence-electron chi connectivity index (χ2n) is 5.18. The Balaban J connectivity index is 2.31. The molecule has 0 amide bonds. The van der Waals surface area contributed by atoms with Gasteiger partial charge in [0.15, 0.2) is 0 Å². The highest BCUT2D eigenvalue weighted by Crippen LogP contribution is 2.33. The van der Waals surface area contributed by atoms with E-state index in [0.717, 1.165) is 31.6 Å². The van der Waals surface area contributed by atoms with Crippen LogP contribution in [0.15, 0.2) is 36.7 Å². The van der Waals surface area contributed by atoms with Crippen LogP contribution in [-0.2, 0) is 6.54 Å². The SMILES string of the molecule is CCCNc1cncc2c1c1ccccc1n2CCC. The molecule has 0 radical (unpaired) electrons. The minimum atomic E-state index is 0.980. The summed E-state index contributed by atoms with van der Waals surface area (Å²) in [5.41, 5.74) is 3.68. The molecule has 0 atom stereocenters. The quantitative estimate of drug-likeness (QED) is 0.741. The first-order valence-electron chi connectivity index (χ1n) is 7.45. The van der Waals surface area contributed by atoms with Gasteiger partial charge in [-0.15, -0.1) is 0 Å². The van der Waals surface area contributed by atoms with E-state index in [9.17, 15) is 0 Å². The number of para-hydroxylation sites is 1. The summed E-state index contributed by atoms with van der Waals surface area (Å²) in [5.74, 6) is 0. The standard InChI is InChI=1S/C17H21N3/c1-3-9-19-14-11-18-12-16-17(14)13-7-5-6-8-15(13)20(16)10-4-2/h5-8,11-12,19H,3-4,9-10H2,1-2H3. The number of pyridine rings is 1. The van der Waals surface area contributed by atoms with Gasteiger partial charge in [-0.3, -0.25) is 4.98 Å². The van der Waals surface area contributed by atoms with Crippen LogP contribution in [0.25, 0.3) is 21.8 Å². The molecule has 1 aromatic carbocycles. The van der Waals surface area contributed by atoms with Gasteiger partial charge in [0.2, 0.25) is 0 Å². The molecule has 0 saturated carbocycles. The first-order valence-corrected chi connectivity index (χ1v) is 7.45. The van der Waals surface area contributed by atoms with Crippen molar-refractivity contribution >= 4 is 27.5 Å². The lowest BCUT2D eigenvalue weighted by Gasteiger charge is -2.07. The summed E-state index contributed by atoms with van der Waals surface area (Å²) < 4.78 is 2.38. The second kappa shape index (κ2) is 5.53. The third-order valence-corrected chi connectivity index (χ3v) is 3.69. The van der Waals surface area contributed by atoms with Crippen LogP contribution >= 0.6 is 0 Å². The Hall–Kier alpha value is -2.03. The van der Waals surface area contributed by atoms with E-state index in [1.807, 2.05) is 12.4 Å². The summed E-state index contributed by atoms with van der Waals surface area (Å²) in [6, 6.07) is 8.64. The fraction of sp³-hybridized carbons (Fsp3) is 0.353. The predicted octanol–water partition coefficient (Wildman–Crippen LogP) is 4.42. The number of nitrogens with zero attached hydrogens (tertiary/aromatic N) is 2. The van der Waals surface area contributed by atoms with Crippen LogP contribution in [0.1, 0.15) is 26.7 Å². The lowest BCUT2D eigenvalue weighted by atomic mass is 10.1. The zero-order chi connectivity index (χ0) is 13.9. The highest BCUT2D eigenvalue weighted by molar-refractivity contribution is 6.13. The van der Waals surface area contributed by atoms with E-state index in [1.54, 1.807) is 0 Å². The van der Waals surface area contributed by atoms with Crippen LogP contribution in [0.5, 0.6) is 0 Å². The summed E-state index contributed by atoms with van der Waals surface area (Å²) in [4.78, 5) is 4.42. The number of benzene rings is 1. The molecule has 20 heavy (non-hydrogen) atoms. The van der Waals surface area contributed by atoms with Crippen molar-refractivity contribution in [2.75, 3.05) is 11.9 Å². The van der Waals surface area contributed by atoms with Gasteiger partial charge in [0.05, 0.1) is 23.6 Å². The van der Waals surface area contributed by atoms with Crippen molar-refractivity contribution in [3.05, 3.63) is 36.7 Å². The molecule has 0 aliphatic carbocycles. The number of rotatable bonds is 5. The summed E-state index contributed by atoms with van der Waals surface area (Å²) in [6.45, 7) is 6.41. The third-order valence-electron chi connectivity index (χ3n) is 3.69. The summed E-state index contributed by atoms with van der Waals surface area (Å²) in [5, 5.41) is 6.13. The van der Waals surface area contributed by atoms with Crippen molar-refractivity contribution < 1.29 is 0 Å². The van der Waals surface area contributed by atoms with Gasteiger partial charge in [-0.25, -0.2) is 0 Å². The largest absolute Gasteiger partial charge is 0.383 e. The molecule has 0 bridgehead atoms. The highest BCUT2D eigenvalue weighted by Gasteiger charge is 2.13. The molecule has 104 valence electrons. The van der Waals surface area contributed by atoms with Gasteiger partial charge in [-0.05, 0) is 18.9 Å². The Morgan fingerprint density at radius 3 is 2.70 bits per heavy atom. The minimum Gasteiger partial charge on any atom is -0.383 e. The smallest absolute Gasteiger partial charge is 0.0698 e. The Morgan fingerprint density at radius 2 is 1.90 bits per heavy atom. The van der Waals surface area contributed by atoms with Crippen LogP contribution in [0.3, 0.4) is 0 Å². The van der Waals surface area contributed by atoms with Gasteiger partial charge in [0.1, 0.15) is 0 Å². The van der Waals surface area contributed by atoms with Crippen molar-refractivity contribution in [1.29, 1.82) is 0 Å². The summed E-state index contributed by atoms with van der Waals surface area (Å²) >= 11 is 0. The lowest BCUT2D eigenvalue weighted by Crippen LogP contribution is -2.01. The minimum absolute atomic E-state index is 0.980. The molecule has 3 nitrogen and oxygen atoms in total. The van der Waals surface area contributed by atoms with Gasteiger partial charge in [-0.1, -0.05) is 32.0 Å². The average Bonchev–Trinajstić information content (AvgIpc) is 2.81. The predicted molar refractivity (Wildman–Crippen MR) is 86.3 cm³/mol. The fourth-order valence-corrected chi connectivity index (χ4v) is 2.85. The maximum Gasteiger partial charge on any atom is 0.0698 e. The number of aryl methyl sites for hydroxylation is 1. The van der Waals surface area contributed by atoms with Crippen LogP contribution in [0, 0.1) is 0 Å². The van der Waals surface area contributed by atoms with Gasteiger partial charge in [0.25, 0.3) is 0 Å². The zero-order valence-corrected chi connectivity index (χ0v) is 12.2. The topological polar surface area (TPSA) is 29.9 Å². The zero-order valence-electron chi connectivity index (χ0n) is 12.2. The maximum absolute atomic E-state index is 4.42. The Kier molecular flexibility index (Phi) is 3.59. The number of nitrogens with one attached hydrogen (secondary N) is 1. The van der Waals surface area contributed by atoms with Crippen LogP contribution < -0.4 is 5.32 Å². The number of hydrogen-bond donors (Lipinski definition) is 1. The third kappa shape index (κ3) is 2.03.